The minimum Gasteiger partial charge on any atom is -0.466 e. The first kappa shape index (κ1) is 16.4. The predicted octanol–water partition coefficient (Wildman–Crippen LogP) is 2.14. The van der Waals surface area contributed by atoms with Crippen LogP contribution >= 0.6 is 0 Å². The summed E-state index contributed by atoms with van der Waals surface area (Å²) in [4.78, 5) is 29.0. The maximum Gasteiger partial charge on any atom is 0.257 e. The van der Waals surface area contributed by atoms with Crippen LogP contribution in [0.25, 0.3) is 5.52 Å². The fraction of sp³-hybridized carbons (Fsp3) is 0.316. The molecule has 3 aromatic rings. The summed E-state index contributed by atoms with van der Waals surface area (Å²) in [6.07, 6.45) is 3.42. The van der Waals surface area contributed by atoms with Crippen LogP contribution in [0.3, 0.4) is 0 Å². The van der Waals surface area contributed by atoms with Crippen LogP contribution < -0.4 is 0 Å². The first-order valence-electron chi connectivity index (χ1n) is 8.62. The van der Waals surface area contributed by atoms with E-state index in [-0.39, 0.29) is 11.8 Å². The Morgan fingerprint density at radius 2 is 1.65 bits per heavy atom. The zero-order valence-electron chi connectivity index (χ0n) is 14.8. The molecule has 1 aliphatic heterocycles. The molecule has 0 bridgehead atoms. The lowest BCUT2D eigenvalue weighted by Gasteiger charge is -2.34. The summed E-state index contributed by atoms with van der Waals surface area (Å²) < 4.78 is 7.15. The van der Waals surface area contributed by atoms with Crippen molar-refractivity contribution in [3.05, 3.63) is 59.3 Å². The van der Waals surface area contributed by atoms with Gasteiger partial charge in [-0.1, -0.05) is 6.07 Å². The van der Waals surface area contributed by atoms with Gasteiger partial charge in [-0.2, -0.15) is 5.10 Å². The van der Waals surface area contributed by atoms with E-state index >= 15 is 0 Å². The Bertz CT molecular complexity index is 980. The van der Waals surface area contributed by atoms with Crippen molar-refractivity contribution in [2.24, 2.45) is 0 Å². The van der Waals surface area contributed by atoms with E-state index < -0.39 is 0 Å². The van der Waals surface area contributed by atoms with Crippen molar-refractivity contribution in [1.29, 1.82) is 0 Å². The van der Waals surface area contributed by atoms with Crippen molar-refractivity contribution in [3.8, 4) is 0 Å². The van der Waals surface area contributed by atoms with E-state index in [4.69, 9.17) is 4.42 Å². The largest absolute Gasteiger partial charge is 0.466 e. The molecule has 0 aliphatic carbocycles. The van der Waals surface area contributed by atoms with Gasteiger partial charge in [0.05, 0.1) is 22.8 Å². The summed E-state index contributed by atoms with van der Waals surface area (Å²) in [5.74, 6) is 1.28. The minimum absolute atomic E-state index is 0.0394. The van der Waals surface area contributed by atoms with Crippen LogP contribution in [-0.4, -0.2) is 57.4 Å². The number of hydrogen-bond acceptors (Lipinski definition) is 4. The van der Waals surface area contributed by atoms with E-state index in [2.05, 4.69) is 5.10 Å². The lowest BCUT2D eigenvalue weighted by molar-refractivity contribution is 0.0535. The molecule has 3 aromatic heterocycles. The molecule has 1 aliphatic rings. The van der Waals surface area contributed by atoms with E-state index in [1.54, 1.807) is 33.5 Å². The zero-order valence-corrected chi connectivity index (χ0v) is 14.8. The van der Waals surface area contributed by atoms with Crippen LogP contribution in [0.5, 0.6) is 0 Å². The number of hydrogen-bond donors (Lipinski definition) is 0. The van der Waals surface area contributed by atoms with E-state index in [9.17, 15) is 9.59 Å². The summed E-state index contributed by atoms with van der Waals surface area (Å²) in [6.45, 7) is 5.65. The molecular weight excluding hydrogens is 332 g/mol. The molecule has 7 nitrogen and oxygen atoms in total. The lowest BCUT2D eigenvalue weighted by atomic mass is 10.1. The second-order valence-electron chi connectivity index (χ2n) is 6.50. The Morgan fingerprint density at radius 1 is 1.00 bits per heavy atom. The monoisotopic (exact) mass is 352 g/mol. The average Bonchev–Trinajstić information content (AvgIpc) is 3.23. The second kappa shape index (κ2) is 6.33. The molecular formula is C19H20N4O3. The summed E-state index contributed by atoms with van der Waals surface area (Å²) >= 11 is 0. The van der Waals surface area contributed by atoms with E-state index in [1.165, 1.54) is 0 Å². The maximum absolute atomic E-state index is 12.8. The quantitative estimate of drug-likeness (QED) is 0.708. The van der Waals surface area contributed by atoms with Gasteiger partial charge in [0.1, 0.15) is 11.5 Å². The van der Waals surface area contributed by atoms with Crippen molar-refractivity contribution >= 4 is 17.3 Å². The highest BCUT2D eigenvalue weighted by atomic mass is 16.3. The predicted molar refractivity (Wildman–Crippen MR) is 95.2 cm³/mol. The van der Waals surface area contributed by atoms with Gasteiger partial charge in [0.25, 0.3) is 11.8 Å². The molecule has 1 saturated heterocycles. The average molecular weight is 352 g/mol. The molecule has 0 spiro atoms. The summed E-state index contributed by atoms with van der Waals surface area (Å²) in [5, 5.41) is 4.22. The number of carbonyl (C=O) groups excluding carboxylic acids is 2. The molecule has 4 rings (SSSR count). The summed E-state index contributed by atoms with van der Waals surface area (Å²) in [6, 6.07) is 7.41. The number of fused-ring (bicyclic) bond motifs is 1. The summed E-state index contributed by atoms with van der Waals surface area (Å²) in [7, 11) is 0. The molecule has 7 heteroatoms. The van der Waals surface area contributed by atoms with Crippen molar-refractivity contribution < 1.29 is 14.0 Å². The van der Waals surface area contributed by atoms with Crippen LogP contribution in [0.1, 0.15) is 32.2 Å². The van der Waals surface area contributed by atoms with Gasteiger partial charge in [0.15, 0.2) is 0 Å². The standard InChI is InChI=1S/C19H20N4O3/c1-13-11-15(14(2)26-13)18(24)21-7-9-22(10-8-21)19(25)16-12-20-23-6-4-3-5-17(16)23/h3-6,11-12H,7-10H2,1-2H3. The molecule has 0 radical (unpaired) electrons. The molecule has 26 heavy (non-hydrogen) atoms. The smallest absolute Gasteiger partial charge is 0.257 e. The van der Waals surface area contributed by atoms with Gasteiger partial charge in [-0.3, -0.25) is 9.59 Å². The third-order valence-electron chi connectivity index (χ3n) is 4.78. The topological polar surface area (TPSA) is 71.1 Å². The Morgan fingerprint density at radius 3 is 2.27 bits per heavy atom. The van der Waals surface area contributed by atoms with Gasteiger partial charge >= 0.3 is 0 Å². The maximum atomic E-state index is 12.8. The van der Waals surface area contributed by atoms with Crippen molar-refractivity contribution in [1.82, 2.24) is 19.4 Å². The second-order valence-corrected chi connectivity index (χ2v) is 6.50. The molecule has 2 amide bonds. The van der Waals surface area contributed by atoms with Crippen LogP contribution in [-0.2, 0) is 0 Å². The fourth-order valence-electron chi connectivity index (χ4n) is 3.40. The van der Waals surface area contributed by atoms with Gasteiger partial charge in [-0.15, -0.1) is 0 Å². The highest BCUT2D eigenvalue weighted by molar-refractivity contribution is 6.01. The molecule has 0 N–H and O–H groups in total. The number of furan rings is 1. The SMILES string of the molecule is Cc1cc(C(=O)N2CCN(C(=O)c3cnn4ccccc34)CC2)c(C)o1. The van der Waals surface area contributed by atoms with Crippen LogP contribution in [0, 0.1) is 13.8 Å². The number of piperazine rings is 1. The number of aromatic nitrogens is 2. The molecule has 0 saturated carbocycles. The Balaban J connectivity index is 1.46. The number of nitrogens with zero attached hydrogens (tertiary/aromatic N) is 4. The molecule has 1 fully saturated rings. The normalized spacial score (nSPS) is 14.8. The van der Waals surface area contributed by atoms with Crippen molar-refractivity contribution in [2.45, 2.75) is 13.8 Å². The van der Waals surface area contributed by atoms with Gasteiger partial charge in [-0.25, -0.2) is 4.52 Å². The van der Waals surface area contributed by atoms with Gasteiger partial charge < -0.3 is 14.2 Å². The number of aryl methyl sites for hydroxylation is 2. The fourth-order valence-corrected chi connectivity index (χ4v) is 3.40. The van der Waals surface area contributed by atoms with E-state index in [0.29, 0.717) is 43.1 Å². The van der Waals surface area contributed by atoms with Gasteiger partial charge in [0, 0.05) is 32.4 Å². The Kier molecular flexibility index (Phi) is 3.99. The minimum atomic E-state index is -0.0476. The molecule has 0 unspecified atom stereocenters. The first-order chi connectivity index (χ1) is 12.5. The van der Waals surface area contributed by atoms with Crippen molar-refractivity contribution in [3.63, 3.8) is 0 Å². The van der Waals surface area contributed by atoms with Crippen LogP contribution in [0.4, 0.5) is 0 Å². The van der Waals surface area contributed by atoms with E-state index in [1.807, 2.05) is 31.3 Å². The molecule has 0 aromatic carbocycles. The highest BCUT2D eigenvalue weighted by Crippen LogP contribution is 2.19. The molecule has 134 valence electrons. The number of rotatable bonds is 2. The van der Waals surface area contributed by atoms with Crippen LogP contribution in [0.15, 0.2) is 41.1 Å². The van der Waals surface area contributed by atoms with Crippen molar-refractivity contribution in [2.75, 3.05) is 26.2 Å². The Hall–Kier alpha value is -3.09. The first-order valence-corrected chi connectivity index (χ1v) is 8.62. The molecule has 4 heterocycles. The van der Waals surface area contributed by atoms with Gasteiger partial charge in [0.2, 0.25) is 0 Å². The highest BCUT2D eigenvalue weighted by Gasteiger charge is 2.28. The van der Waals surface area contributed by atoms with E-state index in [0.717, 1.165) is 11.3 Å². The zero-order chi connectivity index (χ0) is 18.3. The van der Waals surface area contributed by atoms with Crippen LogP contribution in [0.2, 0.25) is 0 Å². The number of amides is 2. The number of pyridine rings is 1. The third kappa shape index (κ3) is 2.75. The summed E-state index contributed by atoms with van der Waals surface area (Å²) in [5.41, 5.74) is 1.98. The number of carbonyl (C=O) groups is 2. The third-order valence-corrected chi connectivity index (χ3v) is 4.78. The molecule has 0 atom stereocenters. The lowest BCUT2D eigenvalue weighted by Crippen LogP contribution is -2.50. The Labute approximate surface area is 150 Å². The van der Waals surface area contributed by atoms with Gasteiger partial charge in [-0.05, 0) is 32.0 Å².